The van der Waals surface area contributed by atoms with Gasteiger partial charge < -0.3 is 6.15 Å². The minimum Gasteiger partial charge on any atom is -0.344 e. The van der Waals surface area contributed by atoms with E-state index in [4.69, 9.17) is 0 Å². The number of rotatable bonds is 0. The van der Waals surface area contributed by atoms with E-state index < -0.39 is 0 Å². The first-order valence-electron chi connectivity index (χ1n) is 0. The first-order valence-corrected chi connectivity index (χ1v) is 0. The minimum absolute atomic E-state index is 0. The van der Waals surface area contributed by atoms with Gasteiger partial charge >= 0.3 is 0 Å². The van der Waals surface area contributed by atoms with Gasteiger partial charge in [0.05, 0.1) is 0 Å². The largest absolute Gasteiger partial charge is 0.344 e. The average Bonchev–Trinajstić information content (AvgIpc) is 0. The minimum atomic E-state index is 0. The SMILES string of the molecule is N.[Cl].[Pb].[Zn]. The van der Waals surface area contributed by atoms with Gasteiger partial charge in [0.25, 0.3) is 0 Å². The Bertz CT molecular complexity index is 8.00. The van der Waals surface area contributed by atoms with E-state index in [2.05, 4.69) is 0 Å². The van der Waals surface area contributed by atoms with E-state index in [0.29, 0.717) is 0 Å². The third-order valence-electron chi connectivity index (χ3n) is 0. The van der Waals surface area contributed by atoms with Gasteiger partial charge in [0.1, 0.15) is 0 Å². The third kappa shape index (κ3) is 9.20. The maximum Gasteiger partial charge on any atom is 0 e. The van der Waals surface area contributed by atoms with Crippen molar-refractivity contribution < 1.29 is 19.5 Å². The first-order chi connectivity index (χ1) is 0. The van der Waals surface area contributed by atoms with Crippen LogP contribution in [0.5, 0.6) is 0 Å². The topological polar surface area (TPSA) is 35.0 Å². The molecule has 0 aliphatic rings. The van der Waals surface area contributed by atoms with Crippen LogP contribution >= 0.6 is 12.4 Å². The Morgan fingerprint density at radius 3 is 1.00 bits per heavy atom. The summed E-state index contributed by atoms with van der Waals surface area (Å²) in [4.78, 5) is 0. The van der Waals surface area contributed by atoms with Gasteiger partial charge in [0, 0.05) is 59.2 Å². The Balaban J connectivity index is 0. The van der Waals surface area contributed by atoms with E-state index >= 15 is 0 Å². The molecule has 0 atom stereocenters. The van der Waals surface area contributed by atoms with Crippen molar-refractivity contribution in [3.05, 3.63) is 0 Å². The van der Waals surface area contributed by atoms with E-state index in [0.717, 1.165) is 0 Å². The van der Waals surface area contributed by atoms with Crippen LogP contribution in [0.4, 0.5) is 0 Å². The summed E-state index contributed by atoms with van der Waals surface area (Å²) >= 11 is 0. The number of halogens is 1. The molecule has 0 fully saturated rings. The van der Waals surface area contributed by atoms with E-state index in [9.17, 15) is 0 Å². The van der Waals surface area contributed by atoms with Gasteiger partial charge in [0.2, 0.25) is 0 Å². The van der Waals surface area contributed by atoms with E-state index in [1.807, 2.05) is 0 Å². The number of hydrogen-bond donors (Lipinski definition) is 1. The summed E-state index contributed by atoms with van der Waals surface area (Å²) in [5, 5.41) is 0. The molecule has 0 saturated heterocycles. The zero-order valence-electron chi connectivity index (χ0n) is 2.29. The van der Waals surface area contributed by atoms with E-state index in [-0.39, 0.29) is 65.3 Å². The van der Waals surface area contributed by atoms with Gasteiger partial charge in [-0.15, -0.1) is 0 Å². The molecule has 5 radical (unpaired) electrons. The molecule has 0 aliphatic carbocycles. The van der Waals surface area contributed by atoms with Gasteiger partial charge in [-0.05, 0) is 0 Å². The second kappa shape index (κ2) is 21.4. The summed E-state index contributed by atoms with van der Waals surface area (Å²) in [7, 11) is 0. The average molecular weight is 325 g/mol. The summed E-state index contributed by atoms with van der Waals surface area (Å²) < 4.78 is 0. The standard InChI is InChI=1S/Cl.H3N.Pb.Zn/h;1H3;;. The Labute approximate surface area is 64.8 Å². The van der Waals surface area contributed by atoms with Gasteiger partial charge in [0.15, 0.2) is 0 Å². The van der Waals surface area contributed by atoms with Crippen LogP contribution in [0, 0.1) is 0 Å². The van der Waals surface area contributed by atoms with Crippen LogP contribution in [0.15, 0.2) is 0 Å². The van der Waals surface area contributed by atoms with Crippen molar-refractivity contribution in [1.82, 2.24) is 6.15 Å². The molecule has 4 heteroatoms. The Morgan fingerprint density at radius 1 is 1.00 bits per heavy atom. The fraction of sp³-hybridized carbons (Fsp3) is 0. The summed E-state index contributed by atoms with van der Waals surface area (Å²) in [5.41, 5.74) is 0. The second-order valence-electron chi connectivity index (χ2n) is 0. The molecule has 0 rings (SSSR count). The second-order valence-corrected chi connectivity index (χ2v) is 0. The van der Waals surface area contributed by atoms with Gasteiger partial charge in [-0.3, -0.25) is 0 Å². The molecule has 0 unspecified atom stereocenters. The van der Waals surface area contributed by atoms with Crippen LogP contribution < -0.4 is 6.15 Å². The molecule has 0 aromatic heterocycles. The third-order valence-corrected chi connectivity index (χ3v) is 0. The monoisotopic (exact) mass is 324 g/mol. The van der Waals surface area contributed by atoms with Crippen molar-refractivity contribution in [3.8, 4) is 0 Å². The van der Waals surface area contributed by atoms with Crippen LogP contribution in [0.1, 0.15) is 0 Å². The molecule has 0 aliphatic heterocycles. The molecule has 0 bridgehead atoms. The normalized spacial score (nSPS) is 0. The predicted octanol–water partition coefficient (Wildman–Crippen LogP) is 0.468. The Kier molecular flexibility index (Phi) is 221. The van der Waals surface area contributed by atoms with Gasteiger partial charge in [-0.1, -0.05) is 0 Å². The molecular weight excluding hydrogens is 322 g/mol. The fourth-order valence-corrected chi connectivity index (χ4v) is 0. The molecule has 21 valence electrons. The predicted molar refractivity (Wildman–Crippen MR) is 16.6 cm³/mol. The Morgan fingerprint density at radius 2 is 1.00 bits per heavy atom. The summed E-state index contributed by atoms with van der Waals surface area (Å²) in [6.45, 7) is 0. The van der Waals surface area contributed by atoms with Gasteiger partial charge in [-0.2, -0.15) is 0 Å². The van der Waals surface area contributed by atoms with Crippen molar-refractivity contribution >= 4 is 39.7 Å². The van der Waals surface area contributed by atoms with E-state index in [1.54, 1.807) is 0 Å². The molecular formula is H3ClNPbZn. The molecule has 0 aromatic carbocycles. The molecule has 1 nitrogen and oxygen atoms in total. The summed E-state index contributed by atoms with van der Waals surface area (Å²) in [6, 6.07) is 0. The molecule has 0 aromatic rings. The van der Waals surface area contributed by atoms with Crippen LogP contribution in [0.2, 0.25) is 0 Å². The smallest absolute Gasteiger partial charge is 0 e. The van der Waals surface area contributed by atoms with Crippen molar-refractivity contribution in [1.29, 1.82) is 0 Å². The van der Waals surface area contributed by atoms with Crippen molar-refractivity contribution in [2.24, 2.45) is 0 Å². The fourth-order valence-electron chi connectivity index (χ4n) is 0. The maximum atomic E-state index is 0. The molecule has 0 amide bonds. The maximum absolute atomic E-state index is 0. The number of hydrogen-bond acceptors (Lipinski definition) is 1. The molecule has 0 spiro atoms. The summed E-state index contributed by atoms with van der Waals surface area (Å²) in [6.07, 6.45) is 0. The van der Waals surface area contributed by atoms with Crippen molar-refractivity contribution in [2.45, 2.75) is 0 Å². The first kappa shape index (κ1) is 41.3. The molecule has 0 saturated carbocycles. The van der Waals surface area contributed by atoms with Crippen LogP contribution in [-0.2, 0) is 19.5 Å². The van der Waals surface area contributed by atoms with Crippen LogP contribution in [-0.4, -0.2) is 27.3 Å². The van der Waals surface area contributed by atoms with Crippen LogP contribution in [0.3, 0.4) is 0 Å². The zero-order valence-corrected chi connectivity index (χ0v) is 9.90. The van der Waals surface area contributed by atoms with Crippen LogP contribution in [0.25, 0.3) is 0 Å². The quantitative estimate of drug-likeness (QED) is 0.646. The van der Waals surface area contributed by atoms with Crippen molar-refractivity contribution in [2.75, 3.05) is 0 Å². The zero-order chi connectivity index (χ0) is 0. The summed E-state index contributed by atoms with van der Waals surface area (Å²) in [5.74, 6) is 0. The molecule has 0 heterocycles. The van der Waals surface area contributed by atoms with Gasteiger partial charge in [-0.25, -0.2) is 0 Å². The Hall–Kier alpha value is 1.80. The molecule has 4 heavy (non-hydrogen) atoms. The van der Waals surface area contributed by atoms with Crippen molar-refractivity contribution in [3.63, 3.8) is 0 Å². The molecule has 3 N–H and O–H groups in total. The van der Waals surface area contributed by atoms with E-state index in [1.165, 1.54) is 0 Å².